The van der Waals surface area contributed by atoms with Crippen molar-refractivity contribution in [2.45, 2.75) is 32.2 Å². The third kappa shape index (κ3) is 2.83. The largest absolute Gasteiger partial charge is 0.317 e. The number of benzene rings is 1. The topological polar surface area (TPSA) is 24.1 Å². The molecule has 1 fully saturated rings. The van der Waals surface area contributed by atoms with Crippen molar-refractivity contribution in [2.75, 3.05) is 20.1 Å². The highest BCUT2D eigenvalue weighted by molar-refractivity contribution is 5.25. The number of hydrogen-bond acceptors (Lipinski definition) is 2. The molecule has 0 bridgehead atoms. The molecule has 2 heteroatoms. The van der Waals surface area contributed by atoms with Crippen LogP contribution in [0, 0.1) is 0 Å². The zero-order chi connectivity index (χ0) is 11.9. The summed E-state index contributed by atoms with van der Waals surface area (Å²) in [6.07, 6.45) is 2.35. The molecule has 2 nitrogen and oxygen atoms in total. The van der Waals surface area contributed by atoms with E-state index in [4.69, 9.17) is 0 Å². The Morgan fingerprint density at radius 1 is 1.06 bits per heavy atom. The molecule has 1 aliphatic heterocycles. The summed E-state index contributed by atoms with van der Waals surface area (Å²) in [4.78, 5) is 0. The summed E-state index contributed by atoms with van der Waals surface area (Å²) < 4.78 is 0. The molecular formula is C14H24N2. The maximum absolute atomic E-state index is 3.49. The summed E-state index contributed by atoms with van der Waals surface area (Å²) in [5.41, 5.74) is 1.62. The molecule has 0 unspecified atom stereocenters. The predicted molar refractivity (Wildman–Crippen MR) is 70.6 cm³/mol. The smallest absolute Gasteiger partial charge is 0.0456 e. The number of piperidine rings is 1. The van der Waals surface area contributed by atoms with Gasteiger partial charge in [-0.05, 0) is 38.5 Å². The molecule has 0 atom stereocenters. The monoisotopic (exact) mass is 220 g/mol. The molecule has 2 N–H and O–H groups in total. The van der Waals surface area contributed by atoms with Crippen molar-refractivity contribution in [2.24, 2.45) is 0 Å². The van der Waals surface area contributed by atoms with E-state index in [-0.39, 0.29) is 5.54 Å². The van der Waals surface area contributed by atoms with Crippen molar-refractivity contribution < 1.29 is 0 Å². The molecule has 0 amide bonds. The minimum Gasteiger partial charge on any atom is -0.317 e. The normalized spacial score (nSPS) is 18.4. The van der Waals surface area contributed by atoms with Crippen molar-refractivity contribution in [1.29, 1.82) is 0 Å². The first-order valence-corrected chi connectivity index (χ1v) is 6.32. The lowest BCUT2D eigenvalue weighted by molar-refractivity contribution is 0.263. The lowest BCUT2D eigenvalue weighted by Crippen LogP contribution is -2.48. The zero-order valence-electron chi connectivity index (χ0n) is 10.7. The van der Waals surface area contributed by atoms with Crippen LogP contribution < -0.4 is 10.6 Å². The Bertz CT molecular complexity index is 276. The van der Waals surface area contributed by atoms with Gasteiger partial charge >= 0.3 is 0 Å². The van der Waals surface area contributed by atoms with E-state index in [1.807, 2.05) is 13.8 Å². The Hall–Kier alpha value is -0.860. The van der Waals surface area contributed by atoms with Crippen molar-refractivity contribution in [1.82, 2.24) is 10.6 Å². The summed E-state index contributed by atoms with van der Waals surface area (Å²) in [5.74, 6) is 0. The van der Waals surface area contributed by atoms with Crippen LogP contribution in [0.1, 0.15) is 32.3 Å². The van der Waals surface area contributed by atoms with Crippen molar-refractivity contribution in [3.8, 4) is 0 Å². The van der Waals surface area contributed by atoms with Gasteiger partial charge in [-0.1, -0.05) is 44.2 Å². The highest BCUT2D eigenvalue weighted by Gasteiger charge is 2.31. The van der Waals surface area contributed by atoms with Gasteiger partial charge < -0.3 is 10.6 Å². The highest BCUT2D eigenvalue weighted by atomic mass is 15.0. The molecule has 1 heterocycles. The Balaban J connectivity index is 0.000000606. The summed E-state index contributed by atoms with van der Waals surface area (Å²) >= 11 is 0. The molecule has 1 aromatic rings. The molecule has 16 heavy (non-hydrogen) atoms. The van der Waals surface area contributed by atoms with E-state index in [9.17, 15) is 0 Å². The fourth-order valence-corrected chi connectivity index (χ4v) is 2.29. The Labute approximate surface area is 99.5 Å². The summed E-state index contributed by atoms with van der Waals surface area (Å²) in [7, 11) is 2.07. The Morgan fingerprint density at radius 3 is 2.12 bits per heavy atom. The van der Waals surface area contributed by atoms with Gasteiger partial charge in [-0.25, -0.2) is 0 Å². The lowest BCUT2D eigenvalue weighted by atomic mass is 9.82. The van der Waals surface area contributed by atoms with Crippen LogP contribution in [0.4, 0.5) is 0 Å². The van der Waals surface area contributed by atoms with Crippen LogP contribution in [0.15, 0.2) is 30.3 Å². The molecule has 0 saturated carbocycles. The average molecular weight is 220 g/mol. The SMILES string of the molecule is CC.CNC1(c2ccccc2)CCNCC1. The quantitative estimate of drug-likeness (QED) is 0.800. The fourth-order valence-electron chi connectivity index (χ4n) is 2.29. The maximum atomic E-state index is 3.49. The van der Waals surface area contributed by atoms with E-state index < -0.39 is 0 Å². The second-order valence-corrected chi connectivity index (χ2v) is 3.95. The molecule has 0 radical (unpaired) electrons. The molecule has 90 valence electrons. The van der Waals surface area contributed by atoms with E-state index in [0.29, 0.717) is 0 Å². The molecule has 2 rings (SSSR count). The number of hydrogen-bond donors (Lipinski definition) is 2. The van der Waals surface area contributed by atoms with Crippen LogP contribution in [0.5, 0.6) is 0 Å². The van der Waals surface area contributed by atoms with Gasteiger partial charge in [0, 0.05) is 5.54 Å². The predicted octanol–water partition coefficient (Wildman–Crippen LogP) is 2.51. The third-order valence-corrected chi connectivity index (χ3v) is 3.26. The van der Waals surface area contributed by atoms with Crippen LogP contribution in [0.3, 0.4) is 0 Å². The van der Waals surface area contributed by atoms with Gasteiger partial charge in [0.1, 0.15) is 0 Å². The third-order valence-electron chi connectivity index (χ3n) is 3.26. The first-order valence-electron chi connectivity index (χ1n) is 6.32. The van der Waals surface area contributed by atoms with Crippen LogP contribution in [0.2, 0.25) is 0 Å². The second-order valence-electron chi connectivity index (χ2n) is 3.95. The van der Waals surface area contributed by atoms with E-state index in [0.717, 1.165) is 13.1 Å². The minimum atomic E-state index is 0.201. The first kappa shape index (κ1) is 13.2. The van der Waals surface area contributed by atoms with Gasteiger partial charge in [-0.2, -0.15) is 0 Å². The fraction of sp³-hybridized carbons (Fsp3) is 0.571. The van der Waals surface area contributed by atoms with Gasteiger partial charge in [0.15, 0.2) is 0 Å². The summed E-state index contributed by atoms with van der Waals surface area (Å²) in [6.45, 7) is 6.21. The van der Waals surface area contributed by atoms with Gasteiger partial charge in [0.2, 0.25) is 0 Å². The molecular weight excluding hydrogens is 196 g/mol. The Morgan fingerprint density at radius 2 is 1.62 bits per heavy atom. The number of rotatable bonds is 2. The standard InChI is InChI=1S/C12H18N2.C2H6/c1-13-12(7-9-14-10-8-12)11-5-3-2-4-6-11;1-2/h2-6,13-14H,7-10H2,1H3;1-2H3. The van der Waals surface area contributed by atoms with Crippen molar-refractivity contribution >= 4 is 0 Å². The number of nitrogens with one attached hydrogen (secondary N) is 2. The van der Waals surface area contributed by atoms with E-state index in [2.05, 4.69) is 48.0 Å². The maximum Gasteiger partial charge on any atom is 0.0456 e. The van der Waals surface area contributed by atoms with E-state index in [1.165, 1.54) is 18.4 Å². The molecule has 0 aromatic heterocycles. The summed E-state index contributed by atoms with van der Waals surface area (Å²) in [5, 5.41) is 6.90. The van der Waals surface area contributed by atoms with E-state index >= 15 is 0 Å². The molecule has 0 spiro atoms. The van der Waals surface area contributed by atoms with Gasteiger partial charge in [-0.15, -0.1) is 0 Å². The van der Waals surface area contributed by atoms with Crippen LogP contribution in [0.25, 0.3) is 0 Å². The minimum absolute atomic E-state index is 0.201. The Kier molecular flexibility index (Phi) is 5.50. The highest BCUT2D eigenvalue weighted by Crippen LogP contribution is 2.29. The molecule has 1 saturated heterocycles. The van der Waals surface area contributed by atoms with Crippen LogP contribution >= 0.6 is 0 Å². The average Bonchev–Trinajstić information content (AvgIpc) is 2.43. The van der Waals surface area contributed by atoms with Crippen LogP contribution in [-0.4, -0.2) is 20.1 Å². The molecule has 1 aliphatic rings. The van der Waals surface area contributed by atoms with Gasteiger partial charge in [-0.3, -0.25) is 0 Å². The summed E-state index contributed by atoms with van der Waals surface area (Å²) in [6, 6.07) is 10.8. The van der Waals surface area contributed by atoms with E-state index in [1.54, 1.807) is 0 Å². The molecule has 0 aliphatic carbocycles. The van der Waals surface area contributed by atoms with Crippen molar-refractivity contribution in [3.05, 3.63) is 35.9 Å². The van der Waals surface area contributed by atoms with Crippen LogP contribution in [-0.2, 0) is 5.54 Å². The van der Waals surface area contributed by atoms with Gasteiger partial charge in [0.05, 0.1) is 0 Å². The van der Waals surface area contributed by atoms with Crippen molar-refractivity contribution in [3.63, 3.8) is 0 Å². The second kappa shape index (κ2) is 6.66. The lowest BCUT2D eigenvalue weighted by Gasteiger charge is -2.38. The first-order chi connectivity index (χ1) is 7.87. The molecule has 1 aromatic carbocycles. The zero-order valence-corrected chi connectivity index (χ0v) is 10.7. The van der Waals surface area contributed by atoms with Gasteiger partial charge in [0.25, 0.3) is 0 Å².